The molecule has 0 fully saturated rings. The Balaban J connectivity index is 1.46. The van der Waals surface area contributed by atoms with Gasteiger partial charge in [-0.15, -0.1) is 11.3 Å². The number of nitrogens with zero attached hydrogens (tertiary/aromatic N) is 1. The summed E-state index contributed by atoms with van der Waals surface area (Å²) < 4.78 is 0. The number of hydrogen-bond acceptors (Lipinski definition) is 4. The SMILES string of the molecule is CC(CCNC(=O)c1ccc2c(c1)CCC=C2)NC(=O)c1cncs1. The summed E-state index contributed by atoms with van der Waals surface area (Å²) in [6.45, 7) is 2.44. The van der Waals surface area contributed by atoms with Gasteiger partial charge in [-0.3, -0.25) is 14.6 Å². The van der Waals surface area contributed by atoms with Crippen molar-refractivity contribution in [1.82, 2.24) is 15.6 Å². The second-order valence-electron chi connectivity index (χ2n) is 6.14. The molecule has 0 spiro atoms. The summed E-state index contributed by atoms with van der Waals surface area (Å²) in [7, 11) is 0. The number of fused-ring (bicyclic) bond motifs is 1. The molecule has 0 aliphatic heterocycles. The number of hydrogen-bond donors (Lipinski definition) is 2. The van der Waals surface area contributed by atoms with Gasteiger partial charge >= 0.3 is 0 Å². The van der Waals surface area contributed by atoms with E-state index in [-0.39, 0.29) is 17.9 Å². The van der Waals surface area contributed by atoms with Crippen molar-refractivity contribution in [3.8, 4) is 0 Å². The van der Waals surface area contributed by atoms with Crippen LogP contribution in [0.3, 0.4) is 0 Å². The van der Waals surface area contributed by atoms with E-state index in [0.29, 0.717) is 23.4 Å². The van der Waals surface area contributed by atoms with Crippen LogP contribution < -0.4 is 10.6 Å². The summed E-state index contributed by atoms with van der Waals surface area (Å²) >= 11 is 1.31. The van der Waals surface area contributed by atoms with Crippen LogP contribution in [-0.4, -0.2) is 29.4 Å². The standard InChI is InChI=1S/C19H21N3O2S/c1-13(22-19(24)17-11-20-12-25-17)8-9-21-18(23)16-7-6-14-4-2-3-5-15(14)10-16/h2,4,6-7,10-13H,3,5,8-9H2,1H3,(H,21,23)(H,22,24). The van der Waals surface area contributed by atoms with E-state index in [2.05, 4.69) is 27.8 Å². The van der Waals surface area contributed by atoms with E-state index in [4.69, 9.17) is 0 Å². The van der Waals surface area contributed by atoms with Gasteiger partial charge in [0.15, 0.2) is 0 Å². The molecular weight excluding hydrogens is 334 g/mol. The molecule has 0 bridgehead atoms. The third-order valence-corrected chi connectivity index (χ3v) is 4.95. The molecule has 2 amide bonds. The van der Waals surface area contributed by atoms with Crippen molar-refractivity contribution in [3.05, 3.63) is 57.6 Å². The highest BCUT2D eigenvalue weighted by Crippen LogP contribution is 2.20. The van der Waals surface area contributed by atoms with Gasteiger partial charge in [-0.25, -0.2) is 0 Å². The summed E-state index contributed by atoms with van der Waals surface area (Å²) in [6.07, 6.45) is 8.49. The Morgan fingerprint density at radius 2 is 2.20 bits per heavy atom. The molecule has 6 heteroatoms. The highest BCUT2D eigenvalue weighted by Gasteiger charge is 2.13. The topological polar surface area (TPSA) is 71.1 Å². The molecule has 1 aliphatic carbocycles. The van der Waals surface area contributed by atoms with Gasteiger partial charge in [-0.2, -0.15) is 0 Å². The fraction of sp³-hybridized carbons (Fsp3) is 0.316. The van der Waals surface area contributed by atoms with Gasteiger partial charge in [0.1, 0.15) is 4.88 Å². The summed E-state index contributed by atoms with van der Waals surface area (Å²) in [5.74, 6) is -0.192. The van der Waals surface area contributed by atoms with Crippen LogP contribution in [0, 0.1) is 0 Å². The van der Waals surface area contributed by atoms with Crippen LogP contribution in [0.4, 0.5) is 0 Å². The average Bonchev–Trinajstić information content (AvgIpc) is 3.16. The molecule has 2 aromatic rings. The van der Waals surface area contributed by atoms with Crippen molar-refractivity contribution in [2.45, 2.75) is 32.2 Å². The van der Waals surface area contributed by atoms with Crippen molar-refractivity contribution < 1.29 is 9.59 Å². The van der Waals surface area contributed by atoms with E-state index < -0.39 is 0 Å². The van der Waals surface area contributed by atoms with Crippen LogP contribution in [0.15, 0.2) is 36.0 Å². The van der Waals surface area contributed by atoms with Crippen molar-refractivity contribution in [3.63, 3.8) is 0 Å². The minimum Gasteiger partial charge on any atom is -0.352 e. The van der Waals surface area contributed by atoms with Gasteiger partial charge in [0.2, 0.25) is 0 Å². The minimum atomic E-state index is -0.121. The van der Waals surface area contributed by atoms with E-state index >= 15 is 0 Å². The predicted molar refractivity (Wildman–Crippen MR) is 99.8 cm³/mol. The molecule has 1 heterocycles. The zero-order valence-corrected chi connectivity index (χ0v) is 14.9. The first-order valence-corrected chi connectivity index (χ1v) is 9.28. The molecule has 130 valence electrons. The lowest BCUT2D eigenvalue weighted by atomic mass is 9.95. The Kier molecular flexibility index (Phi) is 5.60. The molecule has 1 aromatic carbocycles. The maximum Gasteiger partial charge on any atom is 0.263 e. The van der Waals surface area contributed by atoms with E-state index in [1.54, 1.807) is 11.7 Å². The monoisotopic (exact) mass is 355 g/mol. The second-order valence-corrected chi connectivity index (χ2v) is 7.03. The molecular formula is C19H21N3O2S. The quantitative estimate of drug-likeness (QED) is 0.837. The van der Waals surface area contributed by atoms with Crippen LogP contribution in [0.1, 0.15) is 50.9 Å². The first-order chi connectivity index (χ1) is 12.1. The summed E-state index contributed by atoms with van der Waals surface area (Å²) in [5.41, 5.74) is 4.74. The van der Waals surface area contributed by atoms with Crippen molar-refractivity contribution >= 4 is 29.2 Å². The van der Waals surface area contributed by atoms with Crippen LogP contribution >= 0.6 is 11.3 Å². The normalized spacial score (nSPS) is 13.8. The first-order valence-electron chi connectivity index (χ1n) is 8.40. The van der Waals surface area contributed by atoms with E-state index in [0.717, 1.165) is 12.8 Å². The Morgan fingerprint density at radius 3 is 3.00 bits per heavy atom. The number of aromatic nitrogens is 1. The Morgan fingerprint density at radius 1 is 1.32 bits per heavy atom. The molecule has 5 nitrogen and oxygen atoms in total. The Hall–Kier alpha value is -2.47. The van der Waals surface area contributed by atoms with Gasteiger partial charge in [-0.05, 0) is 49.4 Å². The number of benzene rings is 1. The molecule has 25 heavy (non-hydrogen) atoms. The van der Waals surface area contributed by atoms with Crippen LogP contribution in [0.5, 0.6) is 0 Å². The third kappa shape index (κ3) is 4.54. The number of thiazole rings is 1. The third-order valence-electron chi connectivity index (χ3n) is 4.18. The number of carbonyl (C=O) groups excluding carboxylic acids is 2. The van der Waals surface area contributed by atoms with Crippen LogP contribution in [0.2, 0.25) is 0 Å². The number of allylic oxidation sites excluding steroid dienone is 1. The van der Waals surface area contributed by atoms with Gasteiger partial charge in [0.05, 0.1) is 11.7 Å². The number of carbonyl (C=O) groups is 2. The Labute approximate surface area is 151 Å². The molecule has 3 rings (SSSR count). The number of aryl methyl sites for hydroxylation is 1. The number of amides is 2. The molecule has 1 aliphatic rings. The average molecular weight is 355 g/mol. The fourth-order valence-electron chi connectivity index (χ4n) is 2.77. The minimum absolute atomic E-state index is 0.0245. The second kappa shape index (κ2) is 8.07. The molecule has 1 aromatic heterocycles. The van der Waals surface area contributed by atoms with Crippen molar-refractivity contribution in [2.75, 3.05) is 6.54 Å². The van der Waals surface area contributed by atoms with Crippen molar-refractivity contribution in [2.24, 2.45) is 0 Å². The zero-order valence-electron chi connectivity index (χ0n) is 14.1. The molecule has 0 saturated carbocycles. The molecule has 2 N–H and O–H groups in total. The van der Waals surface area contributed by atoms with Crippen LogP contribution in [-0.2, 0) is 6.42 Å². The summed E-state index contributed by atoms with van der Waals surface area (Å²) in [5, 5.41) is 5.84. The zero-order chi connectivity index (χ0) is 17.6. The van der Waals surface area contributed by atoms with Gasteiger partial charge in [0.25, 0.3) is 11.8 Å². The number of rotatable bonds is 6. The first kappa shape index (κ1) is 17.4. The van der Waals surface area contributed by atoms with E-state index in [1.165, 1.54) is 22.5 Å². The maximum atomic E-state index is 12.3. The number of nitrogens with one attached hydrogen (secondary N) is 2. The van der Waals surface area contributed by atoms with E-state index in [1.807, 2.05) is 25.1 Å². The lowest BCUT2D eigenvalue weighted by Gasteiger charge is -2.15. The lowest BCUT2D eigenvalue weighted by molar-refractivity contribution is 0.0940. The van der Waals surface area contributed by atoms with Gasteiger partial charge in [0, 0.05) is 18.2 Å². The lowest BCUT2D eigenvalue weighted by Crippen LogP contribution is -2.35. The highest BCUT2D eigenvalue weighted by atomic mass is 32.1. The maximum absolute atomic E-state index is 12.3. The van der Waals surface area contributed by atoms with Gasteiger partial charge in [-0.1, -0.05) is 18.2 Å². The molecule has 1 unspecified atom stereocenters. The van der Waals surface area contributed by atoms with E-state index in [9.17, 15) is 9.59 Å². The van der Waals surface area contributed by atoms with Crippen molar-refractivity contribution in [1.29, 1.82) is 0 Å². The summed E-state index contributed by atoms with van der Waals surface area (Å²) in [4.78, 5) is 28.7. The summed E-state index contributed by atoms with van der Waals surface area (Å²) in [6, 6.07) is 5.81. The fourth-order valence-corrected chi connectivity index (χ4v) is 3.30. The predicted octanol–water partition coefficient (Wildman–Crippen LogP) is 3.04. The highest BCUT2D eigenvalue weighted by molar-refractivity contribution is 7.11. The molecule has 0 radical (unpaired) electrons. The van der Waals surface area contributed by atoms with Crippen LogP contribution in [0.25, 0.3) is 6.08 Å². The Bertz CT molecular complexity index is 784. The molecule has 0 saturated heterocycles. The largest absolute Gasteiger partial charge is 0.352 e. The van der Waals surface area contributed by atoms with Gasteiger partial charge < -0.3 is 10.6 Å². The molecule has 1 atom stereocenters. The smallest absolute Gasteiger partial charge is 0.263 e.